The van der Waals surface area contributed by atoms with E-state index >= 15 is 0 Å². The summed E-state index contributed by atoms with van der Waals surface area (Å²) in [4.78, 5) is 16.2. The second-order valence-corrected chi connectivity index (χ2v) is 5.63. The maximum atomic E-state index is 12.1. The molecule has 0 radical (unpaired) electrons. The van der Waals surface area contributed by atoms with Crippen molar-refractivity contribution in [3.05, 3.63) is 65.5 Å². The maximum absolute atomic E-state index is 12.1. The van der Waals surface area contributed by atoms with Crippen molar-refractivity contribution < 1.29 is 4.79 Å². The molecule has 3 heteroatoms. The fourth-order valence-electron chi connectivity index (χ4n) is 2.05. The molecule has 3 nitrogen and oxygen atoms in total. The van der Waals surface area contributed by atoms with E-state index in [4.69, 9.17) is 0 Å². The summed E-state index contributed by atoms with van der Waals surface area (Å²) in [6, 6.07) is 13.5. The molecule has 0 aliphatic rings. The van der Waals surface area contributed by atoms with Crippen LogP contribution in [0.25, 0.3) is 0 Å². The van der Waals surface area contributed by atoms with Crippen molar-refractivity contribution in [2.24, 2.45) is 5.92 Å². The van der Waals surface area contributed by atoms with E-state index in [9.17, 15) is 4.79 Å². The second kappa shape index (κ2) is 7.58. The van der Waals surface area contributed by atoms with Gasteiger partial charge in [-0.1, -0.05) is 32.0 Å². The minimum atomic E-state index is -0.0592. The Bertz CT molecular complexity index is 562. The normalized spacial score (nSPS) is 10.6. The summed E-state index contributed by atoms with van der Waals surface area (Å²) >= 11 is 0. The van der Waals surface area contributed by atoms with Gasteiger partial charge >= 0.3 is 0 Å². The van der Waals surface area contributed by atoms with Gasteiger partial charge in [0, 0.05) is 11.8 Å². The Morgan fingerprint density at radius 3 is 2.52 bits per heavy atom. The Kier molecular flexibility index (Phi) is 5.50. The van der Waals surface area contributed by atoms with Crippen molar-refractivity contribution in [1.29, 1.82) is 0 Å². The molecule has 2 aromatic rings. The van der Waals surface area contributed by atoms with Gasteiger partial charge in [-0.05, 0) is 48.6 Å². The van der Waals surface area contributed by atoms with Crippen LogP contribution >= 0.6 is 0 Å². The number of aromatic nitrogens is 1. The Morgan fingerprint density at radius 1 is 1.14 bits per heavy atom. The Balaban J connectivity index is 1.88. The number of amides is 1. The summed E-state index contributed by atoms with van der Waals surface area (Å²) in [7, 11) is 0. The third-order valence-electron chi connectivity index (χ3n) is 3.38. The topological polar surface area (TPSA) is 42.0 Å². The van der Waals surface area contributed by atoms with Gasteiger partial charge in [-0.2, -0.15) is 0 Å². The standard InChI is InChI=1S/C18H22N2O/c1-14(2)6-7-15-8-10-16(11-9-15)18(21)20-13-17-5-3-4-12-19-17/h3-5,8-12,14H,6-7,13H2,1-2H3,(H,20,21). The third-order valence-corrected chi connectivity index (χ3v) is 3.38. The summed E-state index contributed by atoms with van der Waals surface area (Å²) in [6.45, 7) is 4.90. The second-order valence-electron chi connectivity index (χ2n) is 5.63. The predicted molar refractivity (Wildman–Crippen MR) is 85.0 cm³/mol. The fourth-order valence-corrected chi connectivity index (χ4v) is 2.05. The van der Waals surface area contributed by atoms with Gasteiger partial charge < -0.3 is 5.32 Å². The highest BCUT2D eigenvalue weighted by molar-refractivity contribution is 5.94. The van der Waals surface area contributed by atoms with Gasteiger partial charge in [-0.25, -0.2) is 0 Å². The summed E-state index contributed by atoms with van der Waals surface area (Å²) in [5.74, 6) is 0.641. The van der Waals surface area contributed by atoms with Crippen molar-refractivity contribution in [3.8, 4) is 0 Å². The van der Waals surface area contributed by atoms with Crippen LogP contribution in [0.15, 0.2) is 48.7 Å². The largest absolute Gasteiger partial charge is 0.346 e. The van der Waals surface area contributed by atoms with Gasteiger partial charge in [-0.15, -0.1) is 0 Å². The summed E-state index contributed by atoms with van der Waals surface area (Å²) in [5.41, 5.74) is 2.84. The van der Waals surface area contributed by atoms with E-state index in [1.54, 1.807) is 6.20 Å². The smallest absolute Gasteiger partial charge is 0.251 e. The number of hydrogen-bond donors (Lipinski definition) is 1. The zero-order valence-corrected chi connectivity index (χ0v) is 12.7. The lowest BCUT2D eigenvalue weighted by molar-refractivity contribution is 0.0950. The van der Waals surface area contributed by atoms with Crippen LogP contribution in [0.3, 0.4) is 0 Å². The van der Waals surface area contributed by atoms with Crippen molar-refractivity contribution in [3.63, 3.8) is 0 Å². The Morgan fingerprint density at radius 2 is 1.90 bits per heavy atom. The molecular formula is C18H22N2O. The monoisotopic (exact) mass is 282 g/mol. The number of carbonyl (C=O) groups is 1. The third kappa shape index (κ3) is 5.03. The number of aryl methyl sites for hydroxylation is 1. The van der Waals surface area contributed by atoms with Crippen molar-refractivity contribution in [2.45, 2.75) is 33.2 Å². The molecule has 0 saturated heterocycles. The van der Waals surface area contributed by atoms with Gasteiger partial charge in [0.15, 0.2) is 0 Å². The van der Waals surface area contributed by atoms with E-state index in [2.05, 4.69) is 24.1 Å². The van der Waals surface area contributed by atoms with Crippen LogP contribution < -0.4 is 5.32 Å². The van der Waals surface area contributed by atoms with Crippen molar-refractivity contribution in [1.82, 2.24) is 10.3 Å². The van der Waals surface area contributed by atoms with Gasteiger partial charge in [0.05, 0.1) is 12.2 Å². The van der Waals surface area contributed by atoms with E-state index in [0.29, 0.717) is 18.0 Å². The predicted octanol–water partition coefficient (Wildman–Crippen LogP) is 3.60. The van der Waals surface area contributed by atoms with Crippen LogP contribution in [0.4, 0.5) is 0 Å². The minimum Gasteiger partial charge on any atom is -0.346 e. The SMILES string of the molecule is CC(C)CCc1ccc(C(=O)NCc2ccccn2)cc1. The maximum Gasteiger partial charge on any atom is 0.251 e. The highest BCUT2D eigenvalue weighted by atomic mass is 16.1. The molecule has 0 saturated carbocycles. The quantitative estimate of drug-likeness (QED) is 0.879. The first-order valence-electron chi connectivity index (χ1n) is 7.42. The van der Waals surface area contributed by atoms with Crippen LogP contribution in [-0.2, 0) is 13.0 Å². The first-order chi connectivity index (χ1) is 10.1. The zero-order chi connectivity index (χ0) is 15.1. The zero-order valence-electron chi connectivity index (χ0n) is 12.7. The lowest BCUT2D eigenvalue weighted by Crippen LogP contribution is -2.23. The molecule has 0 bridgehead atoms. The summed E-state index contributed by atoms with van der Waals surface area (Å²) < 4.78 is 0. The first-order valence-corrected chi connectivity index (χ1v) is 7.42. The van der Waals surface area contributed by atoms with Gasteiger partial charge in [0.1, 0.15) is 0 Å². The highest BCUT2D eigenvalue weighted by Crippen LogP contribution is 2.10. The van der Waals surface area contributed by atoms with E-state index < -0.39 is 0 Å². The molecule has 1 aromatic carbocycles. The molecule has 1 amide bonds. The molecule has 1 N–H and O–H groups in total. The Labute approximate surface area is 126 Å². The molecule has 110 valence electrons. The average Bonchev–Trinajstić information content (AvgIpc) is 2.52. The molecule has 1 heterocycles. The highest BCUT2D eigenvalue weighted by Gasteiger charge is 2.05. The summed E-state index contributed by atoms with van der Waals surface area (Å²) in [5, 5.41) is 2.88. The van der Waals surface area contributed by atoms with Crippen LogP contribution in [0, 0.1) is 5.92 Å². The van der Waals surface area contributed by atoms with Gasteiger partial charge in [-0.3, -0.25) is 9.78 Å². The summed E-state index contributed by atoms with van der Waals surface area (Å²) in [6.07, 6.45) is 3.96. The molecule has 0 atom stereocenters. The van der Waals surface area contributed by atoms with Crippen molar-refractivity contribution in [2.75, 3.05) is 0 Å². The molecule has 0 aliphatic carbocycles. The van der Waals surface area contributed by atoms with Crippen molar-refractivity contribution >= 4 is 5.91 Å². The molecular weight excluding hydrogens is 260 g/mol. The average molecular weight is 282 g/mol. The van der Waals surface area contributed by atoms with E-state index in [-0.39, 0.29) is 5.91 Å². The van der Waals surface area contributed by atoms with E-state index in [1.165, 1.54) is 12.0 Å². The van der Waals surface area contributed by atoms with Crippen LogP contribution in [0.5, 0.6) is 0 Å². The lowest BCUT2D eigenvalue weighted by atomic mass is 10.0. The van der Waals surface area contributed by atoms with Crippen LogP contribution in [-0.4, -0.2) is 10.9 Å². The molecule has 21 heavy (non-hydrogen) atoms. The number of nitrogens with zero attached hydrogens (tertiary/aromatic N) is 1. The molecule has 0 fully saturated rings. The van der Waals surface area contributed by atoms with Crippen LogP contribution in [0.2, 0.25) is 0 Å². The molecule has 2 rings (SSSR count). The lowest BCUT2D eigenvalue weighted by Gasteiger charge is -2.07. The molecule has 0 unspecified atom stereocenters. The number of benzene rings is 1. The van der Waals surface area contributed by atoms with Gasteiger partial charge in [0.2, 0.25) is 0 Å². The van der Waals surface area contributed by atoms with Crippen LogP contribution in [0.1, 0.15) is 41.9 Å². The molecule has 0 aliphatic heterocycles. The number of pyridine rings is 1. The fraction of sp³-hybridized carbons (Fsp3) is 0.333. The first kappa shape index (κ1) is 15.2. The number of carbonyl (C=O) groups excluding carboxylic acids is 1. The van der Waals surface area contributed by atoms with E-state index in [0.717, 1.165) is 12.1 Å². The number of rotatable bonds is 6. The van der Waals surface area contributed by atoms with E-state index in [1.807, 2.05) is 42.5 Å². The number of hydrogen-bond acceptors (Lipinski definition) is 2. The molecule has 1 aromatic heterocycles. The number of nitrogens with one attached hydrogen (secondary N) is 1. The van der Waals surface area contributed by atoms with Gasteiger partial charge in [0.25, 0.3) is 5.91 Å². The minimum absolute atomic E-state index is 0.0592. The Hall–Kier alpha value is -2.16. The molecule has 0 spiro atoms.